The molecular formula is C8H10F3N5O2S. The van der Waals surface area contributed by atoms with Crippen LogP contribution in [0.1, 0.15) is 0 Å². The minimum absolute atomic E-state index is 0.106. The predicted molar refractivity (Wildman–Crippen MR) is 65.2 cm³/mol. The number of aromatic nitrogens is 2. The van der Waals surface area contributed by atoms with Crippen LogP contribution in [0.2, 0.25) is 0 Å². The number of thioether (sulfide) groups is 1. The van der Waals surface area contributed by atoms with Gasteiger partial charge in [-0.15, -0.1) is 0 Å². The second kappa shape index (κ2) is 6.41. The van der Waals surface area contributed by atoms with Crippen LogP contribution in [0.3, 0.4) is 0 Å². The first kappa shape index (κ1) is 15.3. The molecule has 0 aromatic carbocycles. The Morgan fingerprint density at radius 2 is 2.21 bits per heavy atom. The maximum atomic E-state index is 11.9. The van der Waals surface area contributed by atoms with Crippen molar-refractivity contribution in [3.63, 3.8) is 0 Å². The molecule has 0 atom stereocenters. The molecular weight excluding hydrogens is 287 g/mol. The number of alkyl halides is 3. The van der Waals surface area contributed by atoms with Gasteiger partial charge in [-0.3, -0.25) is 10.1 Å². The molecule has 0 radical (unpaired) electrons. The van der Waals surface area contributed by atoms with Gasteiger partial charge in [0.2, 0.25) is 11.8 Å². The summed E-state index contributed by atoms with van der Waals surface area (Å²) in [6.07, 6.45) is 0.984. The lowest BCUT2D eigenvalue weighted by Gasteiger charge is -2.08. The van der Waals surface area contributed by atoms with Crippen LogP contribution in [-0.2, 0) is 0 Å². The highest BCUT2D eigenvalue weighted by molar-refractivity contribution is 8.00. The summed E-state index contributed by atoms with van der Waals surface area (Å²) in [6.45, 7) is -0.106. The van der Waals surface area contributed by atoms with Gasteiger partial charge in [0.1, 0.15) is 6.20 Å². The van der Waals surface area contributed by atoms with E-state index in [0.29, 0.717) is 0 Å². The van der Waals surface area contributed by atoms with Crippen molar-refractivity contribution in [2.24, 2.45) is 0 Å². The van der Waals surface area contributed by atoms with Crippen molar-refractivity contribution in [1.29, 1.82) is 0 Å². The highest BCUT2D eigenvalue weighted by Gasteiger charge is 2.27. The Morgan fingerprint density at radius 3 is 2.74 bits per heavy atom. The minimum atomic E-state index is -4.32. The largest absolute Gasteiger partial charge is 0.441 e. The summed E-state index contributed by atoms with van der Waals surface area (Å²) >= 11 is -0.214. The van der Waals surface area contributed by atoms with Gasteiger partial charge >= 0.3 is 11.2 Å². The summed E-state index contributed by atoms with van der Waals surface area (Å²) in [5, 5.41) is 15.8. The first-order valence-corrected chi connectivity index (χ1v) is 5.96. The Kier molecular flexibility index (Phi) is 5.15. The zero-order valence-electron chi connectivity index (χ0n) is 9.69. The van der Waals surface area contributed by atoms with Crippen LogP contribution in [0.25, 0.3) is 0 Å². The van der Waals surface area contributed by atoms with E-state index < -0.39 is 16.1 Å². The quantitative estimate of drug-likeness (QED) is 0.472. The van der Waals surface area contributed by atoms with Gasteiger partial charge in [0.05, 0.1) is 4.92 Å². The first-order chi connectivity index (χ1) is 8.83. The minimum Gasteiger partial charge on any atom is -0.363 e. The Labute approximate surface area is 110 Å². The number of hydrogen-bond acceptors (Lipinski definition) is 7. The number of rotatable bonds is 6. The van der Waals surface area contributed by atoms with E-state index in [1.54, 1.807) is 0 Å². The normalized spacial score (nSPS) is 11.2. The van der Waals surface area contributed by atoms with Gasteiger partial charge in [0.15, 0.2) is 0 Å². The molecule has 1 heterocycles. The fourth-order valence-electron chi connectivity index (χ4n) is 1.10. The van der Waals surface area contributed by atoms with E-state index in [-0.39, 0.29) is 35.8 Å². The topological polar surface area (TPSA) is 93.0 Å². The maximum absolute atomic E-state index is 11.9. The first-order valence-electron chi connectivity index (χ1n) is 4.97. The van der Waals surface area contributed by atoms with Crippen LogP contribution in [0.15, 0.2) is 6.20 Å². The molecule has 11 heteroatoms. The fourth-order valence-corrected chi connectivity index (χ4v) is 1.53. The molecule has 0 unspecified atom stereocenters. The molecule has 0 saturated carbocycles. The Morgan fingerprint density at radius 1 is 1.53 bits per heavy atom. The lowest BCUT2D eigenvalue weighted by atomic mass is 10.4. The van der Waals surface area contributed by atoms with Gasteiger partial charge in [-0.2, -0.15) is 18.2 Å². The van der Waals surface area contributed by atoms with E-state index in [1.165, 1.54) is 7.05 Å². The Bertz CT molecular complexity index is 457. The lowest BCUT2D eigenvalue weighted by Crippen LogP contribution is -2.12. The van der Waals surface area contributed by atoms with Crippen LogP contribution in [0.4, 0.5) is 30.6 Å². The summed E-state index contributed by atoms with van der Waals surface area (Å²) in [5.74, 6) is -0.261. The van der Waals surface area contributed by atoms with E-state index >= 15 is 0 Å². The maximum Gasteiger partial charge on any atom is 0.441 e. The second-order valence-corrected chi connectivity index (χ2v) is 4.32. The smallest absolute Gasteiger partial charge is 0.363 e. The van der Waals surface area contributed by atoms with Crippen LogP contribution < -0.4 is 10.6 Å². The monoisotopic (exact) mass is 297 g/mol. The number of anilines is 2. The highest BCUT2D eigenvalue weighted by atomic mass is 32.2. The predicted octanol–water partition coefficient (Wildman–Crippen LogP) is 2.09. The molecule has 1 rings (SSSR count). The molecule has 0 spiro atoms. The van der Waals surface area contributed by atoms with E-state index in [4.69, 9.17) is 0 Å². The average molecular weight is 297 g/mol. The zero-order chi connectivity index (χ0) is 14.5. The molecule has 0 aliphatic rings. The van der Waals surface area contributed by atoms with Gasteiger partial charge in [0.25, 0.3) is 0 Å². The van der Waals surface area contributed by atoms with Crippen molar-refractivity contribution in [3.05, 3.63) is 16.3 Å². The molecule has 0 bridgehead atoms. The van der Waals surface area contributed by atoms with Crippen LogP contribution in [0.5, 0.6) is 0 Å². The van der Waals surface area contributed by atoms with Gasteiger partial charge < -0.3 is 10.6 Å². The van der Waals surface area contributed by atoms with Gasteiger partial charge in [-0.1, -0.05) is 0 Å². The number of halogens is 3. The SMILES string of the molecule is CNc1ncc([N+](=O)[O-])c(NCCSC(F)(F)F)n1. The Balaban J connectivity index is 2.67. The molecule has 0 fully saturated rings. The van der Waals surface area contributed by atoms with Crippen LogP contribution in [-0.4, -0.2) is 39.7 Å². The van der Waals surface area contributed by atoms with Gasteiger partial charge in [-0.05, 0) is 11.8 Å². The molecule has 0 aliphatic heterocycles. The van der Waals surface area contributed by atoms with Gasteiger partial charge in [0, 0.05) is 19.3 Å². The summed E-state index contributed by atoms with van der Waals surface area (Å²) < 4.78 is 35.7. The fraction of sp³-hybridized carbons (Fsp3) is 0.500. The van der Waals surface area contributed by atoms with Crippen LogP contribution >= 0.6 is 11.8 Å². The van der Waals surface area contributed by atoms with Crippen molar-refractivity contribution in [1.82, 2.24) is 9.97 Å². The summed E-state index contributed by atoms with van der Waals surface area (Å²) in [6, 6.07) is 0. The van der Waals surface area contributed by atoms with Crippen molar-refractivity contribution in [3.8, 4) is 0 Å². The third kappa shape index (κ3) is 5.16. The molecule has 7 nitrogen and oxygen atoms in total. The highest BCUT2D eigenvalue weighted by Crippen LogP contribution is 2.30. The van der Waals surface area contributed by atoms with Crippen molar-refractivity contribution >= 4 is 29.2 Å². The number of hydrogen-bond donors (Lipinski definition) is 2. The second-order valence-electron chi connectivity index (χ2n) is 3.16. The summed E-state index contributed by atoms with van der Waals surface area (Å²) in [7, 11) is 1.52. The zero-order valence-corrected chi connectivity index (χ0v) is 10.5. The molecule has 19 heavy (non-hydrogen) atoms. The number of nitrogens with zero attached hydrogens (tertiary/aromatic N) is 3. The van der Waals surface area contributed by atoms with E-state index in [1.807, 2.05) is 0 Å². The van der Waals surface area contributed by atoms with E-state index in [2.05, 4.69) is 20.6 Å². The molecule has 0 saturated heterocycles. The molecule has 2 N–H and O–H groups in total. The third-order valence-electron chi connectivity index (χ3n) is 1.85. The number of nitrogens with one attached hydrogen (secondary N) is 2. The standard InChI is InChI=1S/C8H10F3N5O2S/c1-12-7-14-4-5(16(17)18)6(15-7)13-2-3-19-8(9,10)11/h4H,2-3H2,1H3,(H2,12,13,14,15). The molecule has 0 amide bonds. The van der Waals surface area contributed by atoms with Crippen molar-refractivity contribution in [2.45, 2.75) is 5.51 Å². The summed E-state index contributed by atoms with van der Waals surface area (Å²) in [5.41, 5.74) is -4.72. The molecule has 0 aliphatic carbocycles. The molecule has 106 valence electrons. The van der Waals surface area contributed by atoms with E-state index in [0.717, 1.165) is 6.20 Å². The molecule has 1 aromatic rings. The number of nitro groups is 1. The van der Waals surface area contributed by atoms with Crippen molar-refractivity contribution < 1.29 is 18.1 Å². The van der Waals surface area contributed by atoms with Gasteiger partial charge in [-0.25, -0.2) is 4.98 Å². The average Bonchev–Trinajstić information content (AvgIpc) is 2.33. The van der Waals surface area contributed by atoms with Crippen molar-refractivity contribution in [2.75, 3.05) is 30.0 Å². The molecule has 1 aromatic heterocycles. The van der Waals surface area contributed by atoms with Crippen LogP contribution in [0, 0.1) is 10.1 Å². The van der Waals surface area contributed by atoms with E-state index in [9.17, 15) is 23.3 Å². The summed E-state index contributed by atoms with van der Waals surface area (Å²) in [4.78, 5) is 17.4. The Hall–Kier alpha value is -1.78. The lowest BCUT2D eigenvalue weighted by molar-refractivity contribution is -0.384. The third-order valence-corrected chi connectivity index (χ3v) is 2.59.